The standard InChI is InChI=1S/C17H28O2/c1-14(2)8-6-9-15(3)10-7-11-16(4)12-13-17(18)19-5/h8,10,12H,6-7,9,11,13H2,1-5H3/b15-10+,16-12+. The number of rotatable bonds is 8. The van der Waals surface area contributed by atoms with Crippen molar-refractivity contribution in [1.29, 1.82) is 0 Å². The quantitative estimate of drug-likeness (QED) is 0.457. The molecule has 0 spiro atoms. The van der Waals surface area contributed by atoms with Crippen LogP contribution in [0.2, 0.25) is 0 Å². The van der Waals surface area contributed by atoms with Crippen LogP contribution in [-0.4, -0.2) is 13.1 Å². The van der Waals surface area contributed by atoms with E-state index in [1.54, 1.807) is 0 Å². The van der Waals surface area contributed by atoms with E-state index in [4.69, 9.17) is 0 Å². The fourth-order valence-electron chi connectivity index (χ4n) is 1.68. The first-order chi connectivity index (χ1) is 8.95. The van der Waals surface area contributed by atoms with Gasteiger partial charge in [0.25, 0.3) is 0 Å². The summed E-state index contributed by atoms with van der Waals surface area (Å²) < 4.78 is 4.61. The van der Waals surface area contributed by atoms with Crippen molar-refractivity contribution >= 4 is 5.97 Å². The minimum absolute atomic E-state index is 0.173. The molecule has 108 valence electrons. The fourth-order valence-corrected chi connectivity index (χ4v) is 1.68. The molecule has 0 heterocycles. The van der Waals surface area contributed by atoms with Gasteiger partial charge in [-0.1, -0.05) is 34.9 Å². The molecule has 2 nitrogen and oxygen atoms in total. The first kappa shape index (κ1) is 17.7. The molecule has 0 unspecified atom stereocenters. The van der Waals surface area contributed by atoms with E-state index in [0.717, 1.165) is 25.7 Å². The summed E-state index contributed by atoms with van der Waals surface area (Å²) in [6.45, 7) is 8.52. The summed E-state index contributed by atoms with van der Waals surface area (Å²) in [5.74, 6) is -0.173. The minimum atomic E-state index is -0.173. The highest BCUT2D eigenvalue weighted by Gasteiger charge is 1.97. The predicted octanol–water partition coefficient (Wildman–Crippen LogP) is 4.97. The van der Waals surface area contributed by atoms with Gasteiger partial charge in [0.15, 0.2) is 0 Å². The van der Waals surface area contributed by atoms with Crippen molar-refractivity contribution in [2.75, 3.05) is 7.11 Å². The van der Waals surface area contributed by atoms with Crippen LogP contribution in [0.25, 0.3) is 0 Å². The van der Waals surface area contributed by atoms with Crippen LogP contribution in [0.1, 0.15) is 59.8 Å². The Balaban J connectivity index is 3.93. The molecule has 0 radical (unpaired) electrons. The highest BCUT2D eigenvalue weighted by molar-refractivity contribution is 5.71. The Morgan fingerprint density at radius 3 is 1.95 bits per heavy atom. The highest BCUT2D eigenvalue weighted by atomic mass is 16.5. The zero-order valence-electron chi connectivity index (χ0n) is 13.1. The summed E-state index contributed by atoms with van der Waals surface area (Å²) >= 11 is 0. The van der Waals surface area contributed by atoms with E-state index < -0.39 is 0 Å². The molecule has 0 saturated carbocycles. The van der Waals surface area contributed by atoms with E-state index >= 15 is 0 Å². The Kier molecular flexibility index (Phi) is 9.87. The van der Waals surface area contributed by atoms with Gasteiger partial charge in [0.05, 0.1) is 13.5 Å². The monoisotopic (exact) mass is 264 g/mol. The maximum atomic E-state index is 11.0. The largest absolute Gasteiger partial charge is 0.469 e. The van der Waals surface area contributed by atoms with Crippen LogP contribution in [0.15, 0.2) is 34.9 Å². The number of hydrogen-bond acceptors (Lipinski definition) is 2. The van der Waals surface area contributed by atoms with Gasteiger partial charge in [-0.05, 0) is 53.4 Å². The van der Waals surface area contributed by atoms with E-state index in [2.05, 4.69) is 44.6 Å². The lowest BCUT2D eigenvalue weighted by Gasteiger charge is -2.01. The number of allylic oxidation sites excluding steroid dienone is 5. The zero-order valence-corrected chi connectivity index (χ0v) is 13.1. The molecular formula is C17H28O2. The number of ether oxygens (including phenoxy) is 1. The van der Waals surface area contributed by atoms with E-state index in [1.165, 1.54) is 23.8 Å². The molecule has 2 heteroatoms. The molecule has 0 rings (SSSR count). The lowest BCUT2D eigenvalue weighted by Crippen LogP contribution is -1.97. The molecule has 0 N–H and O–H groups in total. The van der Waals surface area contributed by atoms with Gasteiger partial charge in [0, 0.05) is 0 Å². The Bertz CT molecular complexity index is 355. The molecule has 0 amide bonds. The van der Waals surface area contributed by atoms with Crippen molar-refractivity contribution in [2.45, 2.75) is 59.8 Å². The van der Waals surface area contributed by atoms with E-state index in [0.29, 0.717) is 6.42 Å². The molecule has 0 fully saturated rings. The Morgan fingerprint density at radius 2 is 1.42 bits per heavy atom. The van der Waals surface area contributed by atoms with Crippen LogP contribution in [0.4, 0.5) is 0 Å². The molecule has 0 aliphatic rings. The summed E-state index contributed by atoms with van der Waals surface area (Å²) in [6, 6.07) is 0. The fraction of sp³-hybridized carbons (Fsp3) is 0.588. The number of esters is 1. The van der Waals surface area contributed by atoms with Gasteiger partial charge in [-0.15, -0.1) is 0 Å². The van der Waals surface area contributed by atoms with Crippen molar-refractivity contribution in [3.63, 3.8) is 0 Å². The third-order valence-corrected chi connectivity index (χ3v) is 2.97. The van der Waals surface area contributed by atoms with Crippen LogP contribution in [0.3, 0.4) is 0 Å². The lowest BCUT2D eigenvalue weighted by atomic mass is 10.1. The Labute approximate surface area is 118 Å². The maximum Gasteiger partial charge on any atom is 0.309 e. The number of hydrogen-bond donors (Lipinski definition) is 0. The van der Waals surface area contributed by atoms with Crippen LogP contribution in [-0.2, 0) is 9.53 Å². The second-order valence-corrected chi connectivity index (χ2v) is 5.24. The van der Waals surface area contributed by atoms with E-state index in [9.17, 15) is 4.79 Å². The topological polar surface area (TPSA) is 26.3 Å². The van der Waals surface area contributed by atoms with Gasteiger partial charge < -0.3 is 4.74 Å². The summed E-state index contributed by atoms with van der Waals surface area (Å²) in [7, 11) is 1.42. The predicted molar refractivity (Wildman–Crippen MR) is 82.0 cm³/mol. The third kappa shape index (κ3) is 11.5. The Morgan fingerprint density at radius 1 is 0.895 bits per heavy atom. The summed E-state index contributed by atoms with van der Waals surface area (Å²) in [6.07, 6.45) is 11.2. The van der Waals surface area contributed by atoms with Gasteiger partial charge in [-0.2, -0.15) is 0 Å². The van der Waals surface area contributed by atoms with Crippen LogP contribution < -0.4 is 0 Å². The molecule has 0 atom stereocenters. The van der Waals surface area contributed by atoms with Crippen molar-refractivity contribution in [3.05, 3.63) is 34.9 Å². The van der Waals surface area contributed by atoms with Crippen LogP contribution in [0, 0.1) is 0 Å². The summed E-state index contributed by atoms with van der Waals surface area (Å²) in [4.78, 5) is 11.0. The number of carbonyl (C=O) groups is 1. The summed E-state index contributed by atoms with van der Waals surface area (Å²) in [5, 5.41) is 0. The zero-order chi connectivity index (χ0) is 14.7. The van der Waals surface area contributed by atoms with Gasteiger partial charge in [0.2, 0.25) is 0 Å². The molecule has 0 aromatic rings. The summed E-state index contributed by atoms with van der Waals surface area (Å²) in [5.41, 5.74) is 4.08. The number of methoxy groups -OCH3 is 1. The van der Waals surface area contributed by atoms with Gasteiger partial charge >= 0.3 is 5.97 Å². The van der Waals surface area contributed by atoms with Gasteiger partial charge in [-0.3, -0.25) is 4.79 Å². The SMILES string of the molecule is COC(=O)C/C=C(\C)CC/C=C(\C)CCC=C(C)C. The molecule has 0 saturated heterocycles. The number of carbonyl (C=O) groups excluding carboxylic acids is 1. The van der Waals surface area contributed by atoms with E-state index in [-0.39, 0.29) is 5.97 Å². The lowest BCUT2D eigenvalue weighted by molar-refractivity contribution is -0.139. The van der Waals surface area contributed by atoms with Crippen LogP contribution >= 0.6 is 0 Å². The average molecular weight is 264 g/mol. The second kappa shape index (κ2) is 10.6. The van der Waals surface area contributed by atoms with Crippen molar-refractivity contribution in [1.82, 2.24) is 0 Å². The van der Waals surface area contributed by atoms with E-state index in [1.807, 2.05) is 6.08 Å². The average Bonchev–Trinajstić information content (AvgIpc) is 2.35. The molecule has 0 aliphatic carbocycles. The molecule has 0 aromatic heterocycles. The first-order valence-electron chi connectivity index (χ1n) is 6.97. The van der Waals surface area contributed by atoms with Gasteiger partial charge in [-0.25, -0.2) is 0 Å². The van der Waals surface area contributed by atoms with Gasteiger partial charge in [0.1, 0.15) is 0 Å². The second-order valence-electron chi connectivity index (χ2n) is 5.24. The normalized spacial score (nSPS) is 12.3. The minimum Gasteiger partial charge on any atom is -0.469 e. The molecule has 0 bridgehead atoms. The maximum absolute atomic E-state index is 11.0. The molecule has 0 aliphatic heterocycles. The first-order valence-corrected chi connectivity index (χ1v) is 6.97. The Hall–Kier alpha value is -1.31. The molecule has 0 aromatic carbocycles. The van der Waals surface area contributed by atoms with Crippen molar-refractivity contribution in [3.8, 4) is 0 Å². The van der Waals surface area contributed by atoms with Crippen LogP contribution in [0.5, 0.6) is 0 Å². The third-order valence-electron chi connectivity index (χ3n) is 2.97. The molecular weight excluding hydrogens is 236 g/mol. The smallest absolute Gasteiger partial charge is 0.309 e. The highest BCUT2D eigenvalue weighted by Crippen LogP contribution is 2.11. The van der Waals surface area contributed by atoms with Crippen molar-refractivity contribution in [2.24, 2.45) is 0 Å². The van der Waals surface area contributed by atoms with Crippen molar-refractivity contribution < 1.29 is 9.53 Å². The molecule has 19 heavy (non-hydrogen) atoms.